The van der Waals surface area contributed by atoms with Crippen molar-refractivity contribution in [1.82, 2.24) is 5.32 Å². The summed E-state index contributed by atoms with van der Waals surface area (Å²) in [5.41, 5.74) is 0.658. The molecule has 1 aliphatic rings. The van der Waals surface area contributed by atoms with Gasteiger partial charge in [-0.15, -0.1) is 11.8 Å². The van der Waals surface area contributed by atoms with Crippen molar-refractivity contribution in [1.29, 1.82) is 0 Å². The van der Waals surface area contributed by atoms with Gasteiger partial charge in [0.2, 0.25) is 5.91 Å². The molecule has 28 heavy (non-hydrogen) atoms. The predicted molar refractivity (Wildman–Crippen MR) is 115 cm³/mol. The number of amides is 1. The van der Waals surface area contributed by atoms with Gasteiger partial charge in [-0.3, -0.25) is 4.79 Å². The maximum atomic E-state index is 12.5. The van der Waals surface area contributed by atoms with Crippen LogP contribution in [0.4, 0.5) is 0 Å². The van der Waals surface area contributed by atoms with Crippen LogP contribution in [0.25, 0.3) is 0 Å². The van der Waals surface area contributed by atoms with Gasteiger partial charge in [0.05, 0.1) is 13.2 Å². The molecule has 1 N–H and O–H groups in total. The largest absolute Gasteiger partial charge is 0.497 e. The molecule has 0 unspecified atom stereocenters. The SMILES string of the molecule is COc1ccc2c(c1)OC(C)(C)C[C@@H]2NC(=O)CCCSc1ccc(Cl)cc1. The average Bonchev–Trinajstić information content (AvgIpc) is 2.65. The van der Waals surface area contributed by atoms with Crippen LogP contribution in [0.15, 0.2) is 47.4 Å². The second kappa shape index (κ2) is 9.10. The van der Waals surface area contributed by atoms with E-state index in [-0.39, 0.29) is 17.6 Å². The number of benzene rings is 2. The van der Waals surface area contributed by atoms with E-state index < -0.39 is 0 Å². The molecule has 0 radical (unpaired) electrons. The molecule has 3 rings (SSSR count). The molecule has 0 aliphatic carbocycles. The van der Waals surface area contributed by atoms with Crippen molar-refractivity contribution in [2.45, 2.75) is 49.6 Å². The molecule has 2 aromatic rings. The summed E-state index contributed by atoms with van der Waals surface area (Å²) in [6, 6.07) is 13.5. The molecule has 1 aliphatic heterocycles. The minimum atomic E-state index is -0.345. The molecule has 4 nitrogen and oxygen atoms in total. The number of halogens is 1. The lowest BCUT2D eigenvalue weighted by molar-refractivity contribution is -0.122. The summed E-state index contributed by atoms with van der Waals surface area (Å²) in [6.07, 6.45) is 2.06. The Labute approximate surface area is 175 Å². The van der Waals surface area contributed by atoms with Crippen LogP contribution in [0.2, 0.25) is 5.02 Å². The molecule has 1 amide bonds. The summed E-state index contributed by atoms with van der Waals surface area (Å²) in [5.74, 6) is 2.49. The fraction of sp³-hybridized carbons (Fsp3) is 0.409. The lowest BCUT2D eigenvalue weighted by Gasteiger charge is -2.38. The number of carbonyl (C=O) groups excluding carboxylic acids is 1. The Balaban J connectivity index is 1.54. The molecule has 150 valence electrons. The van der Waals surface area contributed by atoms with Crippen molar-refractivity contribution < 1.29 is 14.3 Å². The van der Waals surface area contributed by atoms with Crippen LogP contribution in [-0.2, 0) is 4.79 Å². The first-order chi connectivity index (χ1) is 13.4. The molecule has 0 bridgehead atoms. The third kappa shape index (κ3) is 5.58. The molecule has 1 atom stereocenters. The molecule has 0 spiro atoms. The van der Waals surface area contributed by atoms with Crippen molar-refractivity contribution in [3.63, 3.8) is 0 Å². The summed E-state index contributed by atoms with van der Waals surface area (Å²) in [4.78, 5) is 13.7. The van der Waals surface area contributed by atoms with Crippen LogP contribution >= 0.6 is 23.4 Å². The Morgan fingerprint density at radius 3 is 2.75 bits per heavy atom. The Kier molecular flexibility index (Phi) is 6.78. The van der Waals surface area contributed by atoms with Gasteiger partial charge in [-0.25, -0.2) is 0 Å². The fourth-order valence-electron chi connectivity index (χ4n) is 3.31. The van der Waals surface area contributed by atoms with Gasteiger partial charge in [0.1, 0.15) is 17.1 Å². The normalized spacial score (nSPS) is 17.4. The zero-order valence-electron chi connectivity index (χ0n) is 16.5. The average molecular weight is 420 g/mol. The molecular weight excluding hydrogens is 394 g/mol. The Bertz CT molecular complexity index is 823. The number of nitrogens with one attached hydrogen (secondary N) is 1. The third-order valence-corrected chi connectivity index (χ3v) is 5.99. The van der Waals surface area contributed by atoms with E-state index in [2.05, 4.69) is 5.32 Å². The van der Waals surface area contributed by atoms with Crippen LogP contribution in [-0.4, -0.2) is 24.4 Å². The topological polar surface area (TPSA) is 47.6 Å². The summed E-state index contributed by atoms with van der Waals surface area (Å²) >= 11 is 7.64. The number of thioether (sulfide) groups is 1. The number of hydrogen-bond acceptors (Lipinski definition) is 4. The minimum Gasteiger partial charge on any atom is -0.497 e. The Morgan fingerprint density at radius 2 is 2.04 bits per heavy atom. The molecule has 0 saturated carbocycles. The summed E-state index contributed by atoms with van der Waals surface area (Å²) < 4.78 is 11.4. The van der Waals surface area contributed by atoms with Crippen molar-refractivity contribution in [3.05, 3.63) is 53.1 Å². The maximum absolute atomic E-state index is 12.5. The highest BCUT2D eigenvalue weighted by Crippen LogP contribution is 2.41. The van der Waals surface area contributed by atoms with Crippen molar-refractivity contribution >= 4 is 29.3 Å². The summed E-state index contributed by atoms with van der Waals surface area (Å²) in [7, 11) is 1.64. The van der Waals surface area contributed by atoms with Crippen LogP contribution in [0.5, 0.6) is 11.5 Å². The van der Waals surface area contributed by atoms with Gasteiger partial charge < -0.3 is 14.8 Å². The molecule has 6 heteroatoms. The van der Waals surface area contributed by atoms with E-state index in [1.54, 1.807) is 18.9 Å². The quantitative estimate of drug-likeness (QED) is 0.466. The fourth-order valence-corrected chi connectivity index (χ4v) is 4.29. The highest BCUT2D eigenvalue weighted by atomic mass is 35.5. The van der Waals surface area contributed by atoms with E-state index in [4.69, 9.17) is 21.1 Å². The second-order valence-corrected chi connectivity index (χ2v) is 9.10. The molecule has 0 aromatic heterocycles. The molecule has 2 aromatic carbocycles. The van der Waals surface area contributed by atoms with Crippen molar-refractivity contribution in [2.75, 3.05) is 12.9 Å². The summed E-state index contributed by atoms with van der Waals surface area (Å²) in [5, 5.41) is 3.92. The van der Waals surface area contributed by atoms with Gasteiger partial charge in [0, 0.05) is 34.4 Å². The van der Waals surface area contributed by atoms with Gasteiger partial charge in [-0.1, -0.05) is 11.6 Å². The van der Waals surface area contributed by atoms with Crippen LogP contribution in [0.3, 0.4) is 0 Å². The van der Waals surface area contributed by atoms with E-state index in [0.29, 0.717) is 6.42 Å². The number of rotatable bonds is 7. The van der Waals surface area contributed by atoms with E-state index in [9.17, 15) is 4.79 Å². The monoisotopic (exact) mass is 419 g/mol. The minimum absolute atomic E-state index is 0.0546. The predicted octanol–water partition coefficient (Wildman–Crippen LogP) is 5.64. The lowest BCUT2D eigenvalue weighted by Crippen LogP contribution is -2.41. The lowest BCUT2D eigenvalue weighted by atomic mass is 9.89. The maximum Gasteiger partial charge on any atom is 0.220 e. The second-order valence-electron chi connectivity index (χ2n) is 7.50. The number of hydrogen-bond donors (Lipinski definition) is 1. The zero-order valence-corrected chi connectivity index (χ0v) is 18.0. The smallest absolute Gasteiger partial charge is 0.220 e. The molecule has 1 heterocycles. The number of carbonyl (C=O) groups is 1. The molecular formula is C22H26ClNO3S. The first-order valence-electron chi connectivity index (χ1n) is 9.41. The van der Waals surface area contributed by atoms with Gasteiger partial charge in [0.25, 0.3) is 0 Å². The standard InChI is InChI=1S/C22H26ClNO3S/c1-22(2)14-19(18-11-8-16(26-3)13-20(18)27-22)24-21(25)5-4-12-28-17-9-6-15(23)7-10-17/h6-11,13,19H,4-5,12,14H2,1-3H3,(H,24,25)/t19-/m0/s1. The van der Waals surface area contributed by atoms with Gasteiger partial charge in [0.15, 0.2) is 0 Å². The van der Waals surface area contributed by atoms with Crippen LogP contribution in [0, 0.1) is 0 Å². The van der Waals surface area contributed by atoms with Crippen molar-refractivity contribution in [2.24, 2.45) is 0 Å². The Morgan fingerprint density at radius 1 is 1.29 bits per heavy atom. The van der Waals surface area contributed by atoms with E-state index in [1.807, 2.05) is 56.3 Å². The highest BCUT2D eigenvalue weighted by molar-refractivity contribution is 7.99. The number of methoxy groups -OCH3 is 1. The number of ether oxygens (including phenoxy) is 2. The van der Waals surface area contributed by atoms with Gasteiger partial charge >= 0.3 is 0 Å². The summed E-state index contributed by atoms with van der Waals surface area (Å²) in [6.45, 7) is 4.08. The molecule has 0 saturated heterocycles. The van der Waals surface area contributed by atoms with Gasteiger partial charge in [-0.2, -0.15) is 0 Å². The van der Waals surface area contributed by atoms with Crippen LogP contribution in [0.1, 0.15) is 44.7 Å². The molecule has 0 fully saturated rings. The van der Waals surface area contributed by atoms with E-state index in [1.165, 1.54) is 4.90 Å². The number of fused-ring (bicyclic) bond motifs is 1. The highest BCUT2D eigenvalue weighted by Gasteiger charge is 2.34. The first kappa shape index (κ1) is 20.9. The Hall–Kier alpha value is -1.85. The van der Waals surface area contributed by atoms with Crippen molar-refractivity contribution in [3.8, 4) is 11.5 Å². The van der Waals surface area contributed by atoms with E-state index >= 15 is 0 Å². The third-order valence-electron chi connectivity index (χ3n) is 4.64. The zero-order chi connectivity index (χ0) is 20.1. The first-order valence-corrected chi connectivity index (χ1v) is 10.8. The van der Waals surface area contributed by atoms with E-state index in [0.717, 1.165) is 40.7 Å². The van der Waals surface area contributed by atoms with Gasteiger partial charge in [-0.05, 0) is 62.4 Å². The van der Waals surface area contributed by atoms with Crippen LogP contribution < -0.4 is 14.8 Å².